The van der Waals surface area contributed by atoms with Gasteiger partial charge in [0.2, 0.25) is 0 Å². The molecule has 0 aliphatic carbocycles. The number of anilines is 1. The Bertz CT molecular complexity index is 575. The van der Waals surface area contributed by atoms with E-state index < -0.39 is 5.97 Å². The van der Waals surface area contributed by atoms with E-state index in [4.69, 9.17) is 16.7 Å². The van der Waals surface area contributed by atoms with E-state index in [-0.39, 0.29) is 12.6 Å². The molecule has 0 aliphatic heterocycles. The van der Waals surface area contributed by atoms with E-state index in [1.807, 2.05) is 6.92 Å². The van der Waals surface area contributed by atoms with E-state index in [1.54, 1.807) is 47.8 Å². The van der Waals surface area contributed by atoms with Crippen LogP contribution in [-0.2, 0) is 4.79 Å². The standard InChI is InChI=1S/C14H14ClN3O2/c1-10(13-8-16-6-7-17-13)18(9-14(19)20)12-4-2-11(15)3-5-12/h2-8,10H,9H2,1H3,(H,19,20). The lowest BCUT2D eigenvalue weighted by atomic mass is 10.1. The predicted octanol–water partition coefficient (Wildman–Crippen LogP) is 2.78. The van der Waals surface area contributed by atoms with Crippen molar-refractivity contribution in [1.29, 1.82) is 0 Å². The maximum Gasteiger partial charge on any atom is 0.323 e. The molecular weight excluding hydrogens is 278 g/mol. The van der Waals surface area contributed by atoms with E-state index in [0.717, 1.165) is 5.69 Å². The number of carboxylic acid groups (broad SMARTS) is 1. The highest BCUT2D eigenvalue weighted by molar-refractivity contribution is 6.30. The highest BCUT2D eigenvalue weighted by atomic mass is 35.5. The number of carboxylic acids is 1. The van der Waals surface area contributed by atoms with Gasteiger partial charge in [-0.2, -0.15) is 0 Å². The minimum absolute atomic E-state index is 0.126. The Morgan fingerprint density at radius 3 is 2.60 bits per heavy atom. The number of benzene rings is 1. The smallest absolute Gasteiger partial charge is 0.323 e. The first kappa shape index (κ1) is 14.3. The second-order valence-electron chi connectivity index (χ2n) is 4.30. The molecular formula is C14H14ClN3O2. The minimum atomic E-state index is -0.907. The Kier molecular flexibility index (Phi) is 4.53. The lowest BCUT2D eigenvalue weighted by Crippen LogP contribution is -2.32. The average molecular weight is 292 g/mol. The Labute approximate surface area is 121 Å². The summed E-state index contributed by atoms with van der Waals surface area (Å²) < 4.78 is 0. The molecule has 1 aromatic carbocycles. The van der Waals surface area contributed by atoms with Gasteiger partial charge in [-0.15, -0.1) is 0 Å². The number of halogens is 1. The summed E-state index contributed by atoms with van der Waals surface area (Å²) in [6.45, 7) is 1.76. The molecule has 2 aromatic rings. The van der Waals surface area contributed by atoms with Crippen LogP contribution in [0.2, 0.25) is 5.02 Å². The summed E-state index contributed by atoms with van der Waals surface area (Å²) in [7, 11) is 0. The molecule has 0 fully saturated rings. The zero-order valence-electron chi connectivity index (χ0n) is 10.9. The molecule has 1 heterocycles. The van der Waals surface area contributed by atoms with Crippen LogP contribution in [0.5, 0.6) is 0 Å². The molecule has 0 saturated heterocycles. The summed E-state index contributed by atoms with van der Waals surface area (Å²) >= 11 is 5.86. The molecule has 1 aromatic heterocycles. The Morgan fingerprint density at radius 1 is 1.35 bits per heavy atom. The molecule has 1 atom stereocenters. The van der Waals surface area contributed by atoms with Gasteiger partial charge in [0.1, 0.15) is 6.54 Å². The summed E-state index contributed by atoms with van der Waals surface area (Å²) in [4.78, 5) is 21.1. The number of hydrogen-bond acceptors (Lipinski definition) is 4. The first-order valence-corrected chi connectivity index (χ1v) is 6.45. The molecule has 6 heteroatoms. The van der Waals surface area contributed by atoms with Crippen molar-refractivity contribution in [3.8, 4) is 0 Å². The van der Waals surface area contributed by atoms with Gasteiger partial charge in [-0.1, -0.05) is 11.6 Å². The maximum absolute atomic E-state index is 11.1. The van der Waals surface area contributed by atoms with Crippen LogP contribution < -0.4 is 4.90 Å². The molecule has 20 heavy (non-hydrogen) atoms. The molecule has 0 bridgehead atoms. The van der Waals surface area contributed by atoms with Gasteiger partial charge in [-0.25, -0.2) is 0 Å². The monoisotopic (exact) mass is 291 g/mol. The minimum Gasteiger partial charge on any atom is -0.480 e. The van der Waals surface area contributed by atoms with Gasteiger partial charge in [0.25, 0.3) is 0 Å². The molecule has 0 aliphatic rings. The fraction of sp³-hybridized carbons (Fsp3) is 0.214. The van der Waals surface area contributed by atoms with Crippen molar-refractivity contribution >= 4 is 23.3 Å². The summed E-state index contributed by atoms with van der Waals surface area (Å²) in [6.07, 6.45) is 4.81. The molecule has 104 valence electrons. The molecule has 0 spiro atoms. The van der Waals surface area contributed by atoms with Crippen LogP contribution >= 0.6 is 11.6 Å². The third-order valence-corrected chi connectivity index (χ3v) is 3.19. The highest BCUT2D eigenvalue weighted by Crippen LogP contribution is 2.26. The van der Waals surface area contributed by atoms with Crippen LogP contribution in [0, 0.1) is 0 Å². The number of nitrogens with zero attached hydrogens (tertiary/aromatic N) is 3. The van der Waals surface area contributed by atoms with Gasteiger partial charge in [0.15, 0.2) is 0 Å². The fourth-order valence-corrected chi connectivity index (χ4v) is 2.04. The van der Waals surface area contributed by atoms with Gasteiger partial charge in [0.05, 0.1) is 17.9 Å². The molecule has 0 radical (unpaired) electrons. The van der Waals surface area contributed by atoms with Crippen molar-refractivity contribution in [3.63, 3.8) is 0 Å². The number of hydrogen-bond donors (Lipinski definition) is 1. The largest absolute Gasteiger partial charge is 0.480 e. The Balaban J connectivity index is 2.32. The van der Waals surface area contributed by atoms with Crippen molar-refractivity contribution in [2.45, 2.75) is 13.0 Å². The zero-order valence-corrected chi connectivity index (χ0v) is 11.7. The lowest BCUT2D eigenvalue weighted by Gasteiger charge is -2.29. The van der Waals surface area contributed by atoms with Gasteiger partial charge >= 0.3 is 5.97 Å². The van der Waals surface area contributed by atoms with E-state index in [9.17, 15) is 4.79 Å². The molecule has 1 N–H and O–H groups in total. The highest BCUT2D eigenvalue weighted by Gasteiger charge is 2.20. The third kappa shape index (κ3) is 3.45. The third-order valence-electron chi connectivity index (χ3n) is 2.94. The second kappa shape index (κ2) is 6.34. The van der Waals surface area contributed by atoms with E-state index in [2.05, 4.69) is 9.97 Å². The SMILES string of the molecule is CC(c1cnccn1)N(CC(=O)O)c1ccc(Cl)cc1. The number of rotatable bonds is 5. The Hall–Kier alpha value is -2.14. The van der Waals surface area contributed by atoms with Crippen LogP contribution in [0.4, 0.5) is 5.69 Å². The molecule has 2 rings (SSSR count). The van der Waals surface area contributed by atoms with Crippen molar-refractivity contribution in [1.82, 2.24) is 9.97 Å². The summed E-state index contributed by atoms with van der Waals surface area (Å²) in [6, 6.07) is 6.83. The molecule has 5 nitrogen and oxygen atoms in total. The van der Waals surface area contributed by atoms with E-state index in [0.29, 0.717) is 10.7 Å². The van der Waals surface area contributed by atoms with Gasteiger partial charge in [-0.3, -0.25) is 14.8 Å². The van der Waals surface area contributed by atoms with Crippen LogP contribution in [0.15, 0.2) is 42.9 Å². The Morgan fingerprint density at radius 2 is 2.05 bits per heavy atom. The van der Waals surface area contributed by atoms with Crippen LogP contribution in [-0.4, -0.2) is 27.6 Å². The fourth-order valence-electron chi connectivity index (χ4n) is 1.92. The number of aliphatic carboxylic acids is 1. The predicted molar refractivity (Wildman–Crippen MR) is 76.9 cm³/mol. The summed E-state index contributed by atoms with van der Waals surface area (Å²) in [5, 5.41) is 9.70. The van der Waals surface area contributed by atoms with Crippen LogP contribution in [0.3, 0.4) is 0 Å². The first-order valence-electron chi connectivity index (χ1n) is 6.08. The quantitative estimate of drug-likeness (QED) is 0.917. The molecule has 0 amide bonds. The molecule has 0 saturated carbocycles. The van der Waals surface area contributed by atoms with Crippen LogP contribution in [0.1, 0.15) is 18.7 Å². The van der Waals surface area contributed by atoms with Gasteiger partial charge in [0, 0.05) is 23.1 Å². The average Bonchev–Trinajstić information content (AvgIpc) is 2.46. The van der Waals surface area contributed by atoms with Gasteiger partial charge in [-0.05, 0) is 31.2 Å². The van der Waals surface area contributed by atoms with Crippen molar-refractivity contribution in [2.24, 2.45) is 0 Å². The maximum atomic E-state index is 11.1. The summed E-state index contributed by atoms with van der Waals surface area (Å²) in [5.41, 5.74) is 1.48. The van der Waals surface area contributed by atoms with E-state index >= 15 is 0 Å². The van der Waals surface area contributed by atoms with Crippen molar-refractivity contribution in [3.05, 3.63) is 53.6 Å². The zero-order chi connectivity index (χ0) is 14.5. The van der Waals surface area contributed by atoms with Crippen molar-refractivity contribution in [2.75, 3.05) is 11.4 Å². The first-order chi connectivity index (χ1) is 9.58. The van der Waals surface area contributed by atoms with Crippen LogP contribution in [0.25, 0.3) is 0 Å². The number of aromatic nitrogens is 2. The molecule has 1 unspecified atom stereocenters. The lowest BCUT2D eigenvalue weighted by molar-refractivity contribution is -0.135. The number of carbonyl (C=O) groups is 1. The normalized spacial score (nSPS) is 11.9. The van der Waals surface area contributed by atoms with Gasteiger partial charge < -0.3 is 10.0 Å². The topological polar surface area (TPSA) is 66.3 Å². The van der Waals surface area contributed by atoms with Crippen molar-refractivity contribution < 1.29 is 9.90 Å². The second-order valence-corrected chi connectivity index (χ2v) is 4.74. The van der Waals surface area contributed by atoms with E-state index in [1.165, 1.54) is 0 Å². The summed E-state index contributed by atoms with van der Waals surface area (Å²) in [5.74, 6) is -0.907.